The molecule has 15 atom stereocenters. The van der Waals surface area contributed by atoms with Gasteiger partial charge in [-0.2, -0.15) is 0 Å². The van der Waals surface area contributed by atoms with Crippen LogP contribution in [0.2, 0.25) is 0 Å². The molecule has 0 unspecified atom stereocenters. The maximum atomic E-state index is 12.2. The molecule has 44 heavy (non-hydrogen) atoms. The van der Waals surface area contributed by atoms with Gasteiger partial charge in [-0.1, -0.05) is 46.3 Å². The van der Waals surface area contributed by atoms with Crippen molar-refractivity contribution in [1.29, 1.82) is 0 Å². The molecule has 0 spiro atoms. The van der Waals surface area contributed by atoms with Gasteiger partial charge in [0.15, 0.2) is 6.29 Å². The van der Waals surface area contributed by atoms with Crippen LogP contribution in [-0.2, 0) is 9.47 Å². The molecule has 0 aromatic carbocycles. The Morgan fingerprint density at radius 3 is 2.16 bits per heavy atom. The fourth-order valence-corrected chi connectivity index (χ4v) is 11.8. The number of allylic oxidation sites excluding steroid dienone is 2. The summed E-state index contributed by atoms with van der Waals surface area (Å²) in [4.78, 5) is 0. The molecule has 254 valence electrons. The summed E-state index contributed by atoms with van der Waals surface area (Å²) in [5, 5.41) is 65.0. The molecule has 0 bridgehead atoms. The highest BCUT2D eigenvalue weighted by Gasteiger charge is 2.71. The van der Waals surface area contributed by atoms with Gasteiger partial charge >= 0.3 is 0 Å². The Hall–Kier alpha value is -0.580. The minimum atomic E-state index is -1.50. The van der Waals surface area contributed by atoms with Crippen molar-refractivity contribution in [2.45, 2.75) is 162 Å². The van der Waals surface area contributed by atoms with E-state index in [0.29, 0.717) is 18.3 Å². The fourth-order valence-electron chi connectivity index (χ4n) is 11.8. The number of hydrogen-bond donors (Lipinski definition) is 6. The van der Waals surface area contributed by atoms with E-state index >= 15 is 0 Å². The maximum Gasteiger partial charge on any atom is 0.187 e. The smallest absolute Gasteiger partial charge is 0.187 e. The monoisotopic (exact) mass is 622 g/mol. The third-order valence-electron chi connectivity index (χ3n) is 14.6. The highest BCUT2D eigenvalue weighted by Crippen LogP contribution is 2.76. The summed E-state index contributed by atoms with van der Waals surface area (Å²) in [6.45, 7) is 17.5. The van der Waals surface area contributed by atoms with Crippen LogP contribution >= 0.6 is 0 Å². The first-order valence-electron chi connectivity index (χ1n) is 17.3. The van der Waals surface area contributed by atoms with Crippen LogP contribution in [0, 0.1) is 45.3 Å². The number of aliphatic hydroxyl groups excluding tert-OH is 6. The summed E-state index contributed by atoms with van der Waals surface area (Å²) in [7, 11) is 0. The lowest BCUT2D eigenvalue weighted by Gasteiger charge is -2.70. The van der Waals surface area contributed by atoms with Gasteiger partial charge < -0.3 is 40.1 Å². The highest BCUT2D eigenvalue weighted by molar-refractivity contribution is 5.20. The van der Waals surface area contributed by atoms with E-state index in [4.69, 9.17) is 9.47 Å². The number of rotatable bonds is 7. The standard InChI is InChI=1S/C36H62O8/c1-20(2)10-9-14-36(8,44-31-30(42)29(41)28(40)23(19-37)43-31)21-11-16-35(7)27(21)22(38)18-25-33(5)15-13-26(39)32(3,4)24(33)12-17-34(25,35)6/h10,21-31,37-42H,9,11-19H2,1-8H3/t21-,22+,23+,24-,25+,26+,27-,28+,29-,30+,31-,33-,34+,35+,36-/m0/s1. The summed E-state index contributed by atoms with van der Waals surface area (Å²) in [6, 6.07) is 0. The van der Waals surface area contributed by atoms with Crippen molar-refractivity contribution in [1.82, 2.24) is 0 Å². The molecule has 1 aliphatic heterocycles. The van der Waals surface area contributed by atoms with Crippen LogP contribution in [0.1, 0.15) is 113 Å². The first-order chi connectivity index (χ1) is 20.4. The molecule has 0 aromatic rings. The van der Waals surface area contributed by atoms with Gasteiger partial charge in [-0.25, -0.2) is 0 Å². The molecular formula is C36H62O8. The van der Waals surface area contributed by atoms with Crippen molar-refractivity contribution in [2.24, 2.45) is 45.3 Å². The molecule has 0 amide bonds. The Morgan fingerprint density at radius 1 is 0.864 bits per heavy atom. The minimum absolute atomic E-state index is 0.0131. The Kier molecular flexibility index (Phi) is 9.35. The molecule has 8 nitrogen and oxygen atoms in total. The van der Waals surface area contributed by atoms with Crippen molar-refractivity contribution in [3.8, 4) is 0 Å². The van der Waals surface area contributed by atoms with Crippen molar-refractivity contribution < 1.29 is 40.1 Å². The zero-order valence-electron chi connectivity index (χ0n) is 28.5. The number of ether oxygens (including phenoxy) is 2. The van der Waals surface area contributed by atoms with Crippen LogP contribution < -0.4 is 0 Å². The van der Waals surface area contributed by atoms with E-state index < -0.39 is 49.0 Å². The maximum absolute atomic E-state index is 12.2. The molecule has 0 aromatic heterocycles. The molecule has 4 saturated carbocycles. The van der Waals surface area contributed by atoms with E-state index in [0.717, 1.165) is 51.4 Å². The number of fused-ring (bicyclic) bond motifs is 5. The lowest BCUT2D eigenvalue weighted by Crippen LogP contribution is -2.67. The van der Waals surface area contributed by atoms with E-state index in [1.54, 1.807) is 0 Å². The summed E-state index contributed by atoms with van der Waals surface area (Å²) >= 11 is 0. The van der Waals surface area contributed by atoms with E-state index in [9.17, 15) is 30.6 Å². The largest absolute Gasteiger partial charge is 0.394 e. The molecule has 5 fully saturated rings. The van der Waals surface area contributed by atoms with Crippen molar-refractivity contribution in [3.05, 3.63) is 11.6 Å². The fraction of sp³-hybridized carbons (Fsp3) is 0.944. The Morgan fingerprint density at radius 2 is 1.52 bits per heavy atom. The first-order valence-corrected chi connectivity index (χ1v) is 17.3. The SMILES string of the molecule is CC(C)=CCC[C@](C)(O[C@@H]1O[C@H](CO)[C@@H](O)[C@H](O)[C@H]1O)[C@H]1CC[C@]2(C)[C@@H]1[C@H](O)C[C@@H]1[C@@]3(C)CC[C@@H](O)C(C)(C)[C@@H]3CC[C@]12C. The second-order valence-corrected chi connectivity index (χ2v) is 17.3. The van der Waals surface area contributed by atoms with E-state index in [2.05, 4.69) is 61.5 Å². The molecule has 5 aliphatic rings. The second kappa shape index (κ2) is 11.8. The molecular weight excluding hydrogens is 560 g/mol. The molecule has 4 aliphatic carbocycles. The lowest BCUT2D eigenvalue weighted by molar-refractivity contribution is -0.336. The zero-order chi connectivity index (χ0) is 32.6. The summed E-state index contributed by atoms with van der Waals surface area (Å²) < 4.78 is 12.6. The Balaban J connectivity index is 1.49. The van der Waals surface area contributed by atoms with Crippen molar-refractivity contribution in [2.75, 3.05) is 6.61 Å². The predicted octanol–water partition coefficient (Wildman–Crippen LogP) is 4.32. The van der Waals surface area contributed by atoms with Crippen LogP contribution in [0.25, 0.3) is 0 Å². The van der Waals surface area contributed by atoms with Gasteiger partial charge in [0.05, 0.1) is 24.4 Å². The van der Waals surface area contributed by atoms with Gasteiger partial charge in [0.2, 0.25) is 0 Å². The topological polar surface area (TPSA) is 140 Å². The van der Waals surface area contributed by atoms with Crippen LogP contribution in [0.15, 0.2) is 11.6 Å². The van der Waals surface area contributed by atoms with Gasteiger partial charge in [-0.3, -0.25) is 0 Å². The van der Waals surface area contributed by atoms with Gasteiger partial charge in [-0.05, 0) is 124 Å². The normalized spacial score (nSPS) is 51.5. The minimum Gasteiger partial charge on any atom is -0.394 e. The molecule has 8 heteroatoms. The number of aliphatic hydroxyl groups is 6. The van der Waals surface area contributed by atoms with Gasteiger partial charge in [0.1, 0.15) is 24.4 Å². The van der Waals surface area contributed by atoms with Crippen LogP contribution in [0.5, 0.6) is 0 Å². The molecule has 5 rings (SSSR count). The highest BCUT2D eigenvalue weighted by atomic mass is 16.7. The van der Waals surface area contributed by atoms with E-state index in [1.807, 2.05) is 0 Å². The van der Waals surface area contributed by atoms with Crippen LogP contribution in [0.3, 0.4) is 0 Å². The van der Waals surface area contributed by atoms with Crippen LogP contribution in [-0.4, -0.2) is 85.8 Å². The summed E-state index contributed by atoms with van der Waals surface area (Å²) in [5.74, 6) is 0.713. The first kappa shape index (κ1) is 34.7. The van der Waals surface area contributed by atoms with Crippen LogP contribution in [0.4, 0.5) is 0 Å². The van der Waals surface area contributed by atoms with E-state index in [1.165, 1.54) is 5.57 Å². The molecule has 6 N–H and O–H groups in total. The molecule has 1 saturated heterocycles. The Labute approximate surface area is 265 Å². The van der Waals surface area contributed by atoms with Gasteiger partial charge in [0.25, 0.3) is 0 Å². The average molecular weight is 623 g/mol. The second-order valence-electron chi connectivity index (χ2n) is 17.3. The summed E-state index contributed by atoms with van der Waals surface area (Å²) in [5.41, 5.74) is 0.171. The Bertz CT molecular complexity index is 1070. The van der Waals surface area contributed by atoms with Gasteiger partial charge in [0, 0.05) is 0 Å². The number of hydrogen-bond acceptors (Lipinski definition) is 8. The molecule has 1 heterocycles. The molecule has 0 radical (unpaired) electrons. The van der Waals surface area contributed by atoms with Gasteiger partial charge in [-0.15, -0.1) is 0 Å². The van der Waals surface area contributed by atoms with E-state index in [-0.39, 0.29) is 39.6 Å². The summed E-state index contributed by atoms with van der Waals surface area (Å²) in [6.07, 6.45) is 2.60. The van der Waals surface area contributed by atoms with Crippen molar-refractivity contribution >= 4 is 0 Å². The third-order valence-corrected chi connectivity index (χ3v) is 14.6. The quantitative estimate of drug-likeness (QED) is 0.231. The predicted molar refractivity (Wildman–Crippen MR) is 168 cm³/mol. The average Bonchev–Trinajstić information content (AvgIpc) is 3.33. The zero-order valence-corrected chi connectivity index (χ0v) is 28.5. The van der Waals surface area contributed by atoms with Crippen molar-refractivity contribution in [3.63, 3.8) is 0 Å². The third kappa shape index (κ3) is 5.17. The lowest BCUT2D eigenvalue weighted by atomic mass is 9.35.